The van der Waals surface area contributed by atoms with Gasteiger partial charge in [0.25, 0.3) is 0 Å². The van der Waals surface area contributed by atoms with Crippen molar-refractivity contribution in [3.05, 3.63) is 0 Å². The minimum Gasteiger partial charge on any atom is -0.340 e. The van der Waals surface area contributed by atoms with Gasteiger partial charge in [-0.25, -0.2) is 0 Å². The third-order valence-electron chi connectivity index (χ3n) is 3.45. The molecule has 14 heavy (non-hydrogen) atoms. The van der Waals surface area contributed by atoms with Crippen LogP contribution in [0.15, 0.2) is 0 Å². The van der Waals surface area contributed by atoms with Crippen LogP contribution in [-0.2, 0) is 4.79 Å². The van der Waals surface area contributed by atoms with Gasteiger partial charge in [0, 0.05) is 18.3 Å². The number of nitrogens with zero attached hydrogens (tertiary/aromatic N) is 1. The number of carbonyl (C=O) groups excluding carboxylic acids is 1. The second-order valence-corrected chi connectivity index (χ2v) is 6.80. The lowest BCUT2D eigenvalue weighted by Gasteiger charge is -2.47. The maximum atomic E-state index is 12.0. The quantitative estimate of drug-likeness (QED) is 0.615. The van der Waals surface area contributed by atoms with Crippen molar-refractivity contribution in [1.29, 1.82) is 0 Å². The highest BCUT2D eigenvalue weighted by Crippen LogP contribution is 2.43. The summed E-state index contributed by atoms with van der Waals surface area (Å²) in [6.45, 7) is 4.11. The van der Waals surface area contributed by atoms with E-state index < -0.39 is 0 Å². The fourth-order valence-corrected chi connectivity index (χ4v) is 4.42. The Morgan fingerprint density at radius 1 is 1.36 bits per heavy atom. The van der Waals surface area contributed by atoms with Crippen LogP contribution in [0.2, 0.25) is 0 Å². The van der Waals surface area contributed by atoms with Crippen LogP contribution in [0, 0.1) is 0 Å². The molecule has 1 saturated carbocycles. The van der Waals surface area contributed by atoms with E-state index in [1.807, 2.05) is 23.7 Å². The summed E-state index contributed by atoms with van der Waals surface area (Å²) in [6.07, 6.45) is 5.12. The summed E-state index contributed by atoms with van der Waals surface area (Å²) in [4.78, 5) is 14.0. The first-order valence-electron chi connectivity index (χ1n) is 5.47. The molecule has 2 fully saturated rings. The fraction of sp³-hybridized carbons (Fsp3) is 0.909. The third-order valence-corrected chi connectivity index (χ3v) is 5.06. The van der Waals surface area contributed by atoms with Gasteiger partial charge in [-0.3, -0.25) is 4.79 Å². The largest absolute Gasteiger partial charge is 0.340 e. The standard InChI is InChI=1S/C11H19NOS/c1-11(2)10(13)12(3)8-6-4-5-7-9(8)14-11/h8-9H,4-7H2,1-3H3. The minimum absolute atomic E-state index is 0.201. The molecule has 80 valence electrons. The predicted molar refractivity (Wildman–Crippen MR) is 60.5 cm³/mol. The third kappa shape index (κ3) is 1.56. The van der Waals surface area contributed by atoms with E-state index in [2.05, 4.69) is 13.8 Å². The summed E-state index contributed by atoms with van der Waals surface area (Å²) in [5, 5.41) is 0.682. The van der Waals surface area contributed by atoms with E-state index in [1.165, 1.54) is 25.7 Å². The first-order valence-corrected chi connectivity index (χ1v) is 6.35. The van der Waals surface area contributed by atoms with Crippen molar-refractivity contribution in [3.8, 4) is 0 Å². The van der Waals surface area contributed by atoms with Crippen LogP contribution in [0.25, 0.3) is 0 Å². The molecule has 2 rings (SSSR count). The average molecular weight is 213 g/mol. The van der Waals surface area contributed by atoms with Crippen LogP contribution < -0.4 is 0 Å². The number of amides is 1. The number of fused-ring (bicyclic) bond motifs is 1. The van der Waals surface area contributed by atoms with Gasteiger partial charge in [0.05, 0.1) is 4.75 Å². The highest BCUT2D eigenvalue weighted by molar-refractivity contribution is 8.02. The first kappa shape index (κ1) is 10.3. The van der Waals surface area contributed by atoms with Crippen molar-refractivity contribution in [2.75, 3.05) is 7.05 Å². The van der Waals surface area contributed by atoms with E-state index in [0.29, 0.717) is 17.2 Å². The Morgan fingerprint density at radius 2 is 2.00 bits per heavy atom. The van der Waals surface area contributed by atoms with Crippen molar-refractivity contribution < 1.29 is 4.79 Å². The Balaban J connectivity index is 2.20. The molecule has 0 aromatic rings. The molecular weight excluding hydrogens is 194 g/mol. The van der Waals surface area contributed by atoms with Crippen molar-refractivity contribution in [3.63, 3.8) is 0 Å². The van der Waals surface area contributed by atoms with E-state index in [0.717, 1.165) is 0 Å². The second-order valence-electron chi connectivity index (χ2n) is 4.93. The number of hydrogen-bond donors (Lipinski definition) is 0. The highest BCUT2D eigenvalue weighted by atomic mass is 32.2. The zero-order valence-electron chi connectivity index (χ0n) is 9.25. The summed E-state index contributed by atoms with van der Waals surface area (Å²) >= 11 is 1.89. The van der Waals surface area contributed by atoms with Gasteiger partial charge in [0.1, 0.15) is 0 Å². The molecule has 0 aromatic carbocycles. The maximum Gasteiger partial charge on any atom is 0.238 e. The monoisotopic (exact) mass is 213 g/mol. The number of rotatable bonds is 0. The molecule has 3 heteroatoms. The van der Waals surface area contributed by atoms with E-state index in [4.69, 9.17) is 0 Å². The van der Waals surface area contributed by atoms with Crippen molar-refractivity contribution in [2.45, 2.75) is 55.6 Å². The van der Waals surface area contributed by atoms with Crippen LogP contribution in [0.4, 0.5) is 0 Å². The van der Waals surface area contributed by atoms with Gasteiger partial charge >= 0.3 is 0 Å². The molecule has 1 heterocycles. The Hall–Kier alpha value is -0.180. The lowest BCUT2D eigenvalue weighted by Crippen LogP contribution is -2.56. The van der Waals surface area contributed by atoms with E-state index in [9.17, 15) is 4.79 Å². The molecule has 0 spiro atoms. The van der Waals surface area contributed by atoms with Gasteiger partial charge in [0.15, 0.2) is 0 Å². The molecule has 2 nitrogen and oxygen atoms in total. The summed E-state index contributed by atoms with van der Waals surface area (Å²) < 4.78 is -0.201. The molecule has 2 unspecified atom stereocenters. The first-order chi connectivity index (χ1) is 6.52. The van der Waals surface area contributed by atoms with Gasteiger partial charge in [-0.05, 0) is 26.7 Å². The molecule has 0 aromatic heterocycles. The van der Waals surface area contributed by atoms with Gasteiger partial charge in [-0.15, -0.1) is 11.8 Å². The molecule has 0 bridgehead atoms. The molecule has 1 amide bonds. The topological polar surface area (TPSA) is 20.3 Å². The minimum atomic E-state index is -0.201. The summed E-state index contributed by atoms with van der Waals surface area (Å²) in [7, 11) is 1.98. The number of thioether (sulfide) groups is 1. The van der Waals surface area contributed by atoms with Gasteiger partial charge in [0.2, 0.25) is 5.91 Å². The van der Waals surface area contributed by atoms with Crippen LogP contribution in [0.3, 0.4) is 0 Å². The zero-order valence-corrected chi connectivity index (χ0v) is 10.1. The Labute approximate surface area is 90.4 Å². The van der Waals surface area contributed by atoms with Crippen LogP contribution in [0.1, 0.15) is 39.5 Å². The van der Waals surface area contributed by atoms with Crippen molar-refractivity contribution in [2.24, 2.45) is 0 Å². The molecule has 1 aliphatic heterocycles. The lowest BCUT2D eigenvalue weighted by atomic mass is 9.92. The molecule has 0 radical (unpaired) electrons. The Kier molecular flexibility index (Phi) is 2.54. The predicted octanol–water partition coefficient (Wildman–Crippen LogP) is 2.28. The number of carbonyl (C=O) groups is 1. The molecule has 0 N–H and O–H groups in total. The normalized spacial score (nSPS) is 36.8. The summed E-state index contributed by atoms with van der Waals surface area (Å²) in [5.41, 5.74) is 0. The van der Waals surface area contributed by atoms with Gasteiger partial charge < -0.3 is 4.90 Å². The lowest BCUT2D eigenvalue weighted by molar-refractivity contribution is -0.135. The average Bonchev–Trinajstić information content (AvgIpc) is 2.14. The number of hydrogen-bond acceptors (Lipinski definition) is 2. The molecule has 2 aliphatic rings. The molecule has 2 atom stereocenters. The highest BCUT2D eigenvalue weighted by Gasteiger charge is 2.45. The van der Waals surface area contributed by atoms with E-state index in [-0.39, 0.29) is 4.75 Å². The van der Waals surface area contributed by atoms with Crippen LogP contribution in [-0.4, -0.2) is 33.9 Å². The van der Waals surface area contributed by atoms with E-state index >= 15 is 0 Å². The van der Waals surface area contributed by atoms with Crippen molar-refractivity contribution in [1.82, 2.24) is 4.90 Å². The van der Waals surface area contributed by atoms with Crippen molar-refractivity contribution >= 4 is 17.7 Å². The summed E-state index contributed by atoms with van der Waals surface area (Å²) in [5.74, 6) is 0.311. The summed E-state index contributed by atoms with van der Waals surface area (Å²) in [6, 6.07) is 0.509. The maximum absolute atomic E-state index is 12.0. The van der Waals surface area contributed by atoms with E-state index in [1.54, 1.807) is 0 Å². The molecular formula is C11H19NOS. The molecule has 1 saturated heterocycles. The fourth-order valence-electron chi connectivity index (χ4n) is 2.66. The Bertz CT molecular complexity index is 252. The van der Waals surface area contributed by atoms with Crippen LogP contribution in [0.5, 0.6) is 0 Å². The molecule has 1 aliphatic carbocycles. The smallest absolute Gasteiger partial charge is 0.238 e. The van der Waals surface area contributed by atoms with Gasteiger partial charge in [-0.1, -0.05) is 12.8 Å². The second kappa shape index (κ2) is 3.44. The zero-order chi connectivity index (χ0) is 10.3. The van der Waals surface area contributed by atoms with Crippen LogP contribution >= 0.6 is 11.8 Å². The Morgan fingerprint density at radius 3 is 2.71 bits per heavy atom. The van der Waals surface area contributed by atoms with Gasteiger partial charge in [-0.2, -0.15) is 0 Å². The SMILES string of the molecule is CN1C(=O)C(C)(C)SC2CCCCC21.